The van der Waals surface area contributed by atoms with Gasteiger partial charge in [-0.1, -0.05) is 12.1 Å². The highest BCUT2D eigenvalue weighted by molar-refractivity contribution is 6.10. The molecule has 2 aromatic carbocycles. The standard InChI is InChI=1S/C28H27F3N4O4/c1-35-8-6-16(7-9-35)10-17-2-3-18(11-22(17)28(29,30)31)26-25(27(32)37)21-5-4-20(13-23(21)39-26)38-24-12-19(14-36)33-15-34-24/h2-5,11-13,15-16,36H,6-10,14H2,1H3,(H2,32,37). The number of halogens is 3. The van der Waals surface area contributed by atoms with Crippen LogP contribution in [0.15, 0.2) is 53.2 Å². The summed E-state index contributed by atoms with van der Waals surface area (Å²) in [6, 6.07) is 10.1. The molecule has 0 unspecified atom stereocenters. The van der Waals surface area contributed by atoms with E-state index in [1.807, 2.05) is 7.05 Å². The van der Waals surface area contributed by atoms with E-state index in [1.165, 1.54) is 24.5 Å². The Morgan fingerprint density at radius 2 is 1.92 bits per heavy atom. The van der Waals surface area contributed by atoms with E-state index in [1.54, 1.807) is 18.2 Å². The number of aliphatic hydroxyl groups excluding tert-OH is 1. The Bertz CT molecular complexity index is 1510. The highest BCUT2D eigenvalue weighted by Crippen LogP contribution is 2.40. The van der Waals surface area contributed by atoms with Crippen LogP contribution >= 0.6 is 0 Å². The molecular formula is C28H27F3N4O4. The lowest BCUT2D eigenvalue weighted by Crippen LogP contribution is -2.31. The van der Waals surface area contributed by atoms with Gasteiger partial charge in [-0.25, -0.2) is 9.97 Å². The number of piperidine rings is 1. The number of amides is 1. The number of furan rings is 1. The molecule has 8 nitrogen and oxygen atoms in total. The van der Waals surface area contributed by atoms with Crippen LogP contribution in [-0.4, -0.2) is 46.0 Å². The molecule has 1 saturated heterocycles. The first-order valence-corrected chi connectivity index (χ1v) is 12.5. The van der Waals surface area contributed by atoms with Crippen LogP contribution in [0.2, 0.25) is 0 Å². The number of likely N-dealkylation sites (tertiary alicyclic amines) is 1. The third-order valence-electron chi connectivity index (χ3n) is 7.02. The molecule has 1 fully saturated rings. The van der Waals surface area contributed by atoms with Crippen LogP contribution in [0.3, 0.4) is 0 Å². The highest BCUT2D eigenvalue weighted by atomic mass is 19.4. The highest BCUT2D eigenvalue weighted by Gasteiger charge is 2.35. The number of aliphatic hydroxyl groups is 1. The molecule has 0 spiro atoms. The topological polar surface area (TPSA) is 115 Å². The fourth-order valence-corrected chi connectivity index (χ4v) is 4.97. The van der Waals surface area contributed by atoms with Gasteiger partial charge in [-0.2, -0.15) is 13.2 Å². The van der Waals surface area contributed by atoms with Gasteiger partial charge in [0.2, 0.25) is 5.88 Å². The minimum atomic E-state index is -4.58. The molecule has 204 valence electrons. The summed E-state index contributed by atoms with van der Waals surface area (Å²) in [4.78, 5) is 22.5. The summed E-state index contributed by atoms with van der Waals surface area (Å²) in [6.45, 7) is 1.42. The number of rotatable bonds is 7. The molecule has 2 aromatic heterocycles. The number of carbonyl (C=O) groups excluding carboxylic acids is 1. The van der Waals surface area contributed by atoms with E-state index in [4.69, 9.17) is 14.9 Å². The minimum Gasteiger partial charge on any atom is -0.455 e. The third kappa shape index (κ3) is 5.74. The van der Waals surface area contributed by atoms with E-state index in [0.717, 1.165) is 32.0 Å². The molecule has 0 atom stereocenters. The molecule has 1 amide bonds. The predicted octanol–water partition coefficient (Wildman–Crippen LogP) is 5.18. The number of carbonyl (C=O) groups is 1. The van der Waals surface area contributed by atoms with Gasteiger partial charge < -0.3 is 24.9 Å². The largest absolute Gasteiger partial charge is 0.455 e. The second kappa shape index (κ2) is 10.7. The van der Waals surface area contributed by atoms with E-state index in [-0.39, 0.29) is 46.4 Å². The molecule has 5 rings (SSSR count). The summed E-state index contributed by atoms with van der Waals surface area (Å²) in [6.07, 6.45) is -1.34. The fourth-order valence-electron chi connectivity index (χ4n) is 4.97. The number of nitrogens with two attached hydrogens (primary N) is 1. The van der Waals surface area contributed by atoms with Gasteiger partial charge in [0.1, 0.15) is 23.4 Å². The lowest BCUT2D eigenvalue weighted by Gasteiger charge is -2.29. The summed E-state index contributed by atoms with van der Waals surface area (Å²) >= 11 is 0. The molecular weight excluding hydrogens is 513 g/mol. The zero-order valence-corrected chi connectivity index (χ0v) is 21.2. The molecule has 0 radical (unpaired) electrons. The Kier molecular flexibility index (Phi) is 7.28. The van der Waals surface area contributed by atoms with Crippen molar-refractivity contribution in [1.82, 2.24) is 14.9 Å². The normalized spacial score (nSPS) is 15.1. The van der Waals surface area contributed by atoms with Crippen molar-refractivity contribution in [3.8, 4) is 23.0 Å². The Labute approximate surface area is 222 Å². The first-order chi connectivity index (χ1) is 18.6. The lowest BCUT2D eigenvalue weighted by molar-refractivity contribution is -0.138. The van der Waals surface area contributed by atoms with Gasteiger partial charge in [-0.3, -0.25) is 4.79 Å². The predicted molar refractivity (Wildman–Crippen MR) is 137 cm³/mol. The van der Waals surface area contributed by atoms with Gasteiger partial charge >= 0.3 is 6.18 Å². The molecule has 3 N–H and O–H groups in total. The monoisotopic (exact) mass is 540 g/mol. The van der Waals surface area contributed by atoms with Crippen molar-refractivity contribution in [3.63, 3.8) is 0 Å². The molecule has 4 aromatic rings. The number of ether oxygens (including phenoxy) is 1. The van der Waals surface area contributed by atoms with Gasteiger partial charge in [-0.05, 0) is 69.1 Å². The maximum Gasteiger partial charge on any atom is 0.416 e. The Morgan fingerprint density at radius 1 is 1.15 bits per heavy atom. The van der Waals surface area contributed by atoms with Gasteiger partial charge in [0, 0.05) is 23.1 Å². The molecule has 11 heteroatoms. The van der Waals surface area contributed by atoms with Crippen LogP contribution < -0.4 is 10.5 Å². The van der Waals surface area contributed by atoms with Crippen molar-refractivity contribution in [3.05, 3.63) is 71.2 Å². The molecule has 1 aliphatic rings. The zero-order valence-electron chi connectivity index (χ0n) is 21.2. The van der Waals surface area contributed by atoms with Gasteiger partial charge in [0.05, 0.1) is 23.4 Å². The van der Waals surface area contributed by atoms with Gasteiger partial charge in [0.25, 0.3) is 5.91 Å². The maximum atomic E-state index is 14.2. The molecule has 0 aliphatic carbocycles. The maximum absolute atomic E-state index is 14.2. The van der Waals surface area contributed by atoms with Crippen LogP contribution in [0, 0.1) is 5.92 Å². The molecule has 0 saturated carbocycles. The molecule has 3 heterocycles. The SMILES string of the molecule is CN1CCC(Cc2ccc(-c3oc4cc(Oc5cc(CO)ncn5)ccc4c3C(N)=O)cc2C(F)(F)F)CC1. The minimum absolute atomic E-state index is 0.0163. The van der Waals surface area contributed by atoms with Crippen molar-refractivity contribution in [2.75, 3.05) is 20.1 Å². The van der Waals surface area contributed by atoms with E-state index in [2.05, 4.69) is 14.9 Å². The molecule has 0 bridgehead atoms. The number of benzene rings is 2. The zero-order chi connectivity index (χ0) is 27.7. The number of hydrogen-bond donors (Lipinski definition) is 2. The molecule has 39 heavy (non-hydrogen) atoms. The van der Waals surface area contributed by atoms with E-state index < -0.39 is 17.6 Å². The lowest BCUT2D eigenvalue weighted by atomic mass is 9.87. The smallest absolute Gasteiger partial charge is 0.416 e. The van der Waals surface area contributed by atoms with Crippen molar-refractivity contribution in [2.24, 2.45) is 11.7 Å². The number of fused-ring (bicyclic) bond motifs is 1. The third-order valence-corrected chi connectivity index (χ3v) is 7.02. The van der Waals surface area contributed by atoms with Crippen LogP contribution in [0.25, 0.3) is 22.3 Å². The average Bonchev–Trinajstić information content (AvgIpc) is 3.29. The number of aromatic nitrogens is 2. The summed E-state index contributed by atoms with van der Waals surface area (Å²) in [5.74, 6) is -0.237. The summed E-state index contributed by atoms with van der Waals surface area (Å²) in [5, 5.41) is 9.61. The van der Waals surface area contributed by atoms with Crippen molar-refractivity contribution in [2.45, 2.75) is 32.0 Å². The average molecular weight is 541 g/mol. The first kappa shape index (κ1) is 26.6. The second-order valence-electron chi connectivity index (χ2n) is 9.76. The van der Waals surface area contributed by atoms with Crippen LogP contribution in [0.5, 0.6) is 11.6 Å². The Balaban J connectivity index is 1.52. The van der Waals surface area contributed by atoms with E-state index in [0.29, 0.717) is 23.3 Å². The van der Waals surface area contributed by atoms with Crippen LogP contribution in [-0.2, 0) is 19.2 Å². The number of nitrogens with zero attached hydrogens (tertiary/aromatic N) is 3. The Hall–Kier alpha value is -3.96. The van der Waals surface area contributed by atoms with Gasteiger partial charge in [-0.15, -0.1) is 0 Å². The Morgan fingerprint density at radius 3 is 2.62 bits per heavy atom. The van der Waals surface area contributed by atoms with Crippen LogP contribution in [0.1, 0.15) is 40.0 Å². The number of alkyl halides is 3. The van der Waals surface area contributed by atoms with Crippen molar-refractivity contribution in [1.29, 1.82) is 0 Å². The second-order valence-corrected chi connectivity index (χ2v) is 9.76. The fraction of sp³-hybridized carbons (Fsp3) is 0.321. The van der Waals surface area contributed by atoms with E-state index in [9.17, 15) is 23.1 Å². The van der Waals surface area contributed by atoms with Crippen molar-refractivity contribution < 1.29 is 32.2 Å². The number of primary amides is 1. The first-order valence-electron chi connectivity index (χ1n) is 12.5. The molecule has 1 aliphatic heterocycles. The van der Waals surface area contributed by atoms with Crippen LogP contribution in [0.4, 0.5) is 13.2 Å². The summed E-state index contributed by atoms with van der Waals surface area (Å²) < 4.78 is 54.1. The summed E-state index contributed by atoms with van der Waals surface area (Å²) in [5.41, 5.74) is 5.77. The van der Waals surface area contributed by atoms with Gasteiger partial charge in [0.15, 0.2) is 0 Å². The quantitative estimate of drug-likeness (QED) is 0.332. The summed E-state index contributed by atoms with van der Waals surface area (Å²) in [7, 11) is 2.01. The number of hydrogen-bond acceptors (Lipinski definition) is 7. The van der Waals surface area contributed by atoms with Crippen molar-refractivity contribution >= 4 is 16.9 Å². The van der Waals surface area contributed by atoms with E-state index >= 15 is 0 Å².